The first-order chi connectivity index (χ1) is 6.47. The maximum absolute atomic E-state index is 11.3. The zero-order valence-corrected chi connectivity index (χ0v) is 9.46. The normalized spacial score (nSPS) is 10.1. The zero-order chi connectivity index (χ0) is 11.1. The van der Waals surface area contributed by atoms with Crippen molar-refractivity contribution in [3.63, 3.8) is 0 Å². The van der Waals surface area contributed by atoms with Gasteiger partial charge in [-0.2, -0.15) is 0 Å². The van der Waals surface area contributed by atoms with Gasteiger partial charge in [0.25, 0.3) is 0 Å². The minimum atomic E-state index is -0.0938. The van der Waals surface area contributed by atoms with Gasteiger partial charge in [-0.15, -0.1) is 0 Å². The maximum atomic E-state index is 11.3. The largest absolute Gasteiger partial charge is 0.352 e. The van der Waals surface area contributed by atoms with Gasteiger partial charge < -0.3 is 10.2 Å². The molecule has 0 aliphatic heterocycles. The molecular formula is C10H20N2O2. The summed E-state index contributed by atoms with van der Waals surface area (Å²) >= 11 is 0. The van der Waals surface area contributed by atoms with Crippen LogP contribution in [0.1, 0.15) is 34.1 Å². The molecule has 0 spiro atoms. The molecule has 14 heavy (non-hydrogen) atoms. The number of carbonyl (C=O) groups is 2. The predicted molar refractivity (Wildman–Crippen MR) is 55.8 cm³/mol. The second kappa shape index (κ2) is 6.40. The van der Waals surface area contributed by atoms with Crippen LogP contribution in [0.4, 0.5) is 0 Å². The van der Waals surface area contributed by atoms with Gasteiger partial charge in [0.2, 0.25) is 11.8 Å². The minimum Gasteiger partial charge on any atom is -0.352 e. The molecule has 0 radical (unpaired) electrons. The van der Waals surface area contributed by atoms with Crippen LogP contribution in [0.3, 0.4) is 0 Å². The highest BCUT2D eigenvalue weighted by Crippen LogP contribution is 1.92. The van der Waals surface area contributed by atoms with Gasteiger partial charge in [-0.1, -0.05) is 6.92 Å². The van der Waals surface area contributed by atoms with Crippen molar-refractivity contribution in [3.8, 4) is 0 Å². The Morgan fingerprint density at radius 2 is 1.93 bits per heavy atom. The van der Waals surface area contributed by atoms with Gasteiger partial charge >= 0.3 is 0 Å². The summed E-state index contributed by atoms with van der Waals surface area (Å²) in [6.45, 7) is 8.07. The Kier molecular flexibility index (Phi) is 5.92. The molecule has 0 saturated carbocycles. The van der Waals surface area contributed by atoms with Crippen molar-refractivity contribution in [2.24, 2.45) is 0 Å². The highest BCUT2D eigenvalue weighted by Gasteiger charge is 2.12. The van der Waals surface area contributed by atoms with E-state index in [-0.39, 0.29) is 24.4 Å². The monoisotopic (exact) mass is 200 g/mol. The van der Waals surface area contributed by atoms with Crippen LogP contribution in [-0.2, 0) is 9.59 Å². The Morgan fingerprint density at radius 3 is 2.29 bits per heavy atom. The molecule has 0 aromatic rings. The van der Waals surface area contributed by atoms with Crippen LogP contribution in [0.15, 0.2) is 0 Å². The molecule has 0 aromatic heterocycles. The molecule has 0 aromatic carbocycles. The van der Waals surface area contributed by atoms with Gasteiger partial charge in [0.15, 0.2) is 0 Å². The van der Waals surface area contributed by atoms with Gasteiger partial charge in [-0.05, 0) is 20.3 Å². The fourth-order valence-electron chi connectivity index (χ4n) is 1.16. The first-order valence-electron chi connectivity index (χ1n) is 5.02. The van der Waals surface area contributed by atoms with E-state index in [0.717, 1.165) is 6.42 Å². The third-order valence-electron chi connectivity index (χ3n) is 1.72. The van der Waals surface area contributed by atoms with E-state index in [4.69, 9.17) is 0 Å². The highest BCUT2D eigenvalue weighted by atomic mass is 16.2. The molecule has 0 fully saturated rings. The molecule has 0 saturated heterocycles. The van der Waals surface area contributed by atoms with Crippen molar-refractivity contribution in [1.29, 1.82) is 0 Å². The van der Waals surface area contributed by atoms with E-state index in [1.54, 1.807) is 4.90 Å². The minimum absolute atomic E-state index is 0.0502. The Morgan fingerprint density at radius 1 is 1.36 bits per heavy atom. The number of nitrogens with one attached hydrogen (secondary N) is 1. The van der Waals surface area contributed by atoms with Gasteiger partial charge in [-0.3, -0.25) is 9.59 Å². The zero-order valence-electron chi connectivity index (χ0n) is 9.46. The second-order valence-corrected chi connectivity index (χ2v) is 3.66. The number of nitrogens with zero attached hydrogens (tertiary/aromatic N) is 1. The Balaban J connectivity index is 4.02. The molecular weight excluding hydrogens is 180 g/mol. The van der Waals surface area contributed by atoms with E-state index in [0.29, 0.717) is 6.54 Å². The van der Waals surface area contributed by atoms with Gasteiger partial charge in [0.1, 0.15) is 0 Å². The van der Waals surface area contributed by atoms with Crippen LogP contribution >= 0.6 is 0 Å². The quantitative estimate of drug-likeness (QED) is 0.712. The molecule has 0 aliphatic carbocycles. The van der Waals surface area contributed by atoms with Gasteiger partial charge in [0, 0.05) is 19.5 Å². The summed E-state index contributed by atoms with van der Waals surface area (Å²) in [5.41, 5.74) is 0. The van der Waals surface area contributed by atoms with Crippen LogP contribution in [0, 0.1) is 0 Å². The van der Waals surface area contributed by atoms with Crippen LogP contribution in [-0.4, -0.2) is 35.8 Å². The first-order valence-corrected chi connectivity index (χ1v) is 5.02. The van der Waals surface area contributed by atoms with E-state index in [1.807, 2.05) is 20.8 Å². The molecule has 82 valence electrons. The SMILES string of the molecule is CCCN(CC(=O)NC(C)C)C(C)=O. The molecule has 2 amide bonds. The van der Waals surface area contributed by atoms with Crippen LogP contribution in [0.5, 0.6) is 0 Å². The van der Waals surface area contributed by atoms with Gasteiger partial charge in [-0.25, -0.2) is 0 Å². The van der Waals surface area contributed by atoms with E-state index < -0.39 is 0 Å². The summed E-state index contributed by atoms with van der Waals surface area (Å²) in [5.74, 6) is -0.144. The van der Waals surface area contributed by atoms with Crippen molar-refractivity contribution in [1.82, 2.24) is 10.2 Å². The third-order valence-corrected chi connectivity index (χ3v) is 1.72. The Labute approximate surface area is 85.7 Å². The average Bonchev–Trinajstić information content (AvgIpc) is 2.01. The Hall–Kier alpha value is -1.06. The summed E-state index contributed by atoms with van der Waals surface area (Å²) in [6.07, 6.45) is 0.870. The topological polar surface area (TPSA) is 49.4 Å². The lowest BCUT2D eigenvalue weighted by Crippen LogP contribution is -2.42. The molecule has 4 nitrogen and oxygen atoms in total. The Bertz CT molecular complexity index is 202. The van der Waals surface area contributed by atoms with Crippen molar-refractivity contribution in [3.05, 3.63) is 0 Å². The molecule has 0 rings (SSSR count). The molecule has 0 heterocycles. The predicted octanol–water partition coefficient (Wildman–Crippen LogP) is 0.769. The van der Waals surface area contributed by atoms with Crippen molar-refractivity contribution in [2.45, 2.75) is 40.2 Å². The lowest BCUT2D eigenvalue weighted by atomic mass is 10.3. The summed E-state index contributed by atoms with van der Waals surface area (Å²) < 4.78 is 0. The summed E-state index contributed by atoms with van der Waals surface area (Å²) in [6, 6.07) is 0.123. The summed E-state index contributed by atoms with van der Waals surface area (Å²) in [4.78, 5) is 24.0. The van der Waals surface area contributed by atoms with Gasteiger partial charge in [0.05, 0.1) is 6.54 Å². The standard InChI is InChI=1S/C10H20N2O2/c1-5-6-12(9(4)13)7-10(14)11-8(2)3/h8H,5-7H2,1-4H3,(H,11,14). The fraction of sp³-hybridized carbons (Fsp3) is 0.800. The maximum Gasteiger partial charge on any atom is 0.239 e. The van der Waals surface area contributed by atoms with Crippen molar-refractivity contribution < 1.29 is 9.59 Å². The fourth-order valence-corrected chi connectivity index (χ4v) is 1.16. The van der Waals surface area contributed by atoms with Crippen LogP contribution in [0.25, 0.3) is 0 Å². The average molecular weight is 200 g/mol. The van der Waals surface area contributed by atoms with Crippen LogP contribution in [0.2, 0.25) is 0 Å². The number of hydrogen-bond acceptors (Lipinski definition) is 2. The van der Waals surface area contributed by atoms with E-state index >= 15 is 0 Å². The molecule has 0 aliphatic rings. The van der Waals surface area contributed by atoms with E-state index in [2.05, 4.69) is 5.32 Å². The molecule has 0 bridgehead atoms. The highest BCUT2D eigenvalue weighted by molar-refractivity contribution is 5.83. The first kappa shape index (κ1) is 12.9. The number of hydrogen-bond donors (Lipinski definition) is 1. The van der Waals surface area contributed by atoms with Crippen molar-refractivity contribution >= 4 is 11.8 Å². The lowest BCUT2D eigenvalue weighted by molar-refractivity contribution is -0.134. The number of carbonyl (C=O) groups excluding carboxylic acids is 2. The summed E-state index contributed by atoms with van der Waals surface area (Å²) in [5, 5.41) is 2.75. The molecule has 0 atom stereocenters. The van der Waals surface area contributed by atoms with Crippen molar-refractivity contribution in [2.75, 3.05) is 13.1 Å². The summed E-state index contributed by atoms with van der Waals surface area (Å²) in [7, 11) is 0. The number of rotatable bonds is 5. The lowest BCUT2D eigenvalue weighted by Gasteiger charge is -2.20. The number of amides is 2. The molecule has 0 unspecified atom stereocenters. The van der Waals surface area contributed by atoms with E-state index in [9.17, 15) is 9.59 Å². The second-order valence-electron chi connectivity index (χ2n) is 3.66. The molecule has 4 heteroatoms. The smallest absolute Gasteiger partial charge is 0.239 e. The van der Waals surface area contributed by atoms with Crippen LogP contribution < -0.4 is 5.32 Å². The van der Waals surface area contributed by atoms with E-state index in [1.165, 1.54) is 6.92 Å². The third kappa shape index (κ3) is 5.56. The molecule has 1 N–H and O–H groups in total.